The van der Waals surface area contributed by atoms with Crippen LogP contribution >= 0.6 is 23.5 Å². The lowest BCUT2D eigenvalue weighted by Crippen LogP contribution is -2.06. The van der Waals surface area contributed by atoms with Gasteiger partial charge in [-0.2, -0.15) is 28.2 Å². The molecule has 3 aromatic rings. The van der Waals surface area contributed by atoms with Crippen LogP contribution in [0.15, 0.2) is 52.3 Å². The Kier molecular flexibility index (Phi) is 6.77. The molecule has 0 spiro atoms. The summed E-state index contributed by atoms with van der Waals surface area (Å²) in [6.45, 7) is 3.74. The zero-order chi connectivity index (χ0) is 21.9. The number of alkyl halides is 3. The first-order valence-electron chi connectivity index (χ1n) is 8.82. The van der Waals surface area contributed by atoms with E-state index in [0.717, 1.165) is 33.2 Å². The van der Waals surface area contributed by atoms with Gasteiger partial charge in [-0.3, -0.25) is 4.79 Å². The normalized spacial score (nSPS) is 11.6. The molecule has 2 aromatic carbocycles. The van der Waals surface area contributed by atoms with Crippen molar-refractivity contribution in [3.05, 3.63) is 65.0 Å². The molecule has 0 amide bonds. The van der Waals surface area contributed by atoms with E-state index in [4.69, 9.17) is 5.11 Å². The molecule has 3 rings (SSSR count). The minimum Gasteiger partial charge on any atom is -0.481 e. The highest BCUT2D eigenvalue weighted by Gasteiger charge is 2.30. The summed E-state index contributed by atoms with van der Waals surface area (Å²) < 4.78 is 38.1. The third-order valence-corrected chi connectivity index (χ3v) is 6.34. The predicted molar refractivity (Wildman–Crippen MR) is 110 cm³/mol. The van der Waals surface area contributed by atoms with Gasteiger partial charge in [0.1, 0.15) is 0 Å². The topological polar surface area (TPSA) is 68.0 Å². The number of aromatic nitrogens is 3. The van der Waals surface area contributed by atoms with Crippen LogP contribution in [0.4, 0.5) is 13.2 Å². The molecule has 1 heterocycles. The maximum Gasteiger partial charge on any atom is 0.416 e. The highest BCUT2D eigenvalue weighted by Crippen LogP contribution is 2.31. The fourth-order valence-corrected chi connectivity index (χ4v) is 4.33. The molecular formula is C20H18F3N3O2S2. The van der Waals surface area contributed by atoms with Crippen molar-refractivity contribution < 1.29 is 23.1 Å². The number of aliphatic carboxylic acids is 1. The summed E-state index contributed by atoms with van der Waals surface area (Å²) in [5.74, 6) is -0.294. The van der Waals surface area contributed by atoms with Gasteiger partial charge >= 0.3 is 12.1 Å². The molecule has 0 aliphatic carbocycles. The summed E-state index contributed by atoms with van der Waals surface area (Å²) in [7, 11) is 0. The van der Waals surface area contributed by atoms with Gasteiger partial charge in [-0.05, 0) is 61.9 Å². The standard InChI is InChI=1S/C20H18F3N3O2S2/c1-12-9-16(7-8-18(12)30-11-19(27)28)29-10-17-13(2)24-26(25-17)15-5-3-14(4-6-15)20(21,22)23/h3-9H,10-11H2,1-2H3,(H,27,28). The zero-order valence-corrected chi connectivity index (χ0v) is 17.7. The summed E-state index contributed by atoms with van der Waals surface area (Å²) in [5.41, 5.74) is 2.18. The number of carbonyl (C=O) groups is 1. The van der Waals surface area contributed by atoms with Gasteiger partial charge < -0.3 is 5.11 Å². The van der Waals surface area contributed by atoms with E-state index in [1.807, 2.05) is 25.1 Å². The van der Waals surface area contributed by atoms with Gasteiger partial charge in [0.25, 0.3) is 0 Å². The first-order chi connectivity index (χ1) is 14.1. The molecule has 0 unspecified atom stereocenters. The monoisotopic (exact) mass is 453 g/mol. The Morgan fingerprint density at radius 2 is 1.77 bits per heavy atom. The Balaban J connectivity index is 1.68. The van der Waals surface area contributed by atoms with Crippen LogP contribution in [-0.2, 0) is 16.7 Å². The van der Waals surface area contributed by atoms with Crippen LogP contribution in [0.2, 0.25) is 0 Å². The van der Waals surface area contributed by atoms with Crippen LogP contribution in [0.1, 0.15) is 22.5 Å². The van der Waals surface area contributed by atoms with Crippen LogP contribution in [0.3, 0.4) is 0 Å². The maximum atomic E-state index is 12.7. The molecule has 10 heteroatoms. The van der Waals surface area contributed by atoms with Crippen molar-refractivity contribution in [1.29, 1.82) is 0 Å². The summed E-state index contributed by atoms with van der Waals surface area (Å²) in [6, 6.07) is 10.5. The molecule has 0 aliphatic heterocycles. The van der Waals surface area contributed by atoms with Gasteiger partial charge in [-0.15, -0.1) is 23.5 Å². The van der Waals surface area contributed by atoms with Crippen molar-refractivity contribution in [3.8, 4) is 5.69 Å². The molecule has 1 aromatic heterocycles. The van der Waals surface area contributed by atoms with Crippen molar-refractivity contribution in [2.75, 3.05) is 5.75 Å². The number of thioether (sulfide) groups is 2. The molecule has 0 saturated heterocycles. The van der Waals surface area contributed by atoms with E-state index in [0.29, 0.717) is 17.1 Å². The molecule has 0 radical (unpaired) electrons. The highest BCUT2D eigenvalue weighted by molar-refractivity contribution is 8.00. The number of aryl methyl sites for hydroxylation is 2. The van der Waals surface area contributed by atoms with Crippen molar-refractivity contribution in [2.24, 2.45) is 0 Å². The number of hydrogen-bond donors (Lipinski definition) is 1. The Morgan fingerprint density at radius 1 is 1.07 bits per heavy atom. The third kappa shape index (κ3) is 5.57. The molecule has 0 fully saturated rings. The van der Waals surface area contributed by atoms with Crippen molar-refractivity contribution in [2.45, 2.75) is 35.6 Å². The quantitative estimate of drug-likeness (QED) is 0.485. The van der Waals surface area contributed by atoms with Gasteiger partial charge in [-0.25, -0.2) is 0 Å². The number of benzene rings is 2. The van der Waals surface area contributed by atoms with E-state index in [9.17, 15) is 18.0 Å². The number of hydrogen-bond acceptors (Lipinski definition) is 5. The fraction of sp³-hybridized carbons (Fsp3) is 0.250. The Hall–Kier alpha value is -2.46. The third-order valence-electron chi connectivity index (χ3n) is 4.18. The number of nitrogens with zero attached hydrogens (tertiary/aromatic N) is 3. The molecule has 0 atom stereocenters. The average molecular weight is 454 g/mol. The largest absolute Gasteiger partial charge is 0.481 e. The summed E-state index contributed by atoms with van der Waals surface area (Å²) in [4.78, 5) is 14.0. The summed E-state index contributed by atoms with van der Waals surface area (Å²) in [6.07, 6.45) is -4.38. The number of carboxylic acids is 1. The first-order valence-corrected chi connectivity index (χ1v) is 10.8. The smallest absolute Gasteiger partial charge is 0.416 e. The minimum absolute atomic E-state index is 0.0135. The van der Waals surface area contributed by atoms with Crippen molar-refractivity contribution in [3.63, 3.8) is 0 Å². The van der Waals surface area contributed by atoms with Gasteiger partial charge in [0, 0.05) is 15.5 Å². The zero-order valence-electron chi connectivity index (χ0n) is 16.1. The van der Waals surface area contributed by atoms with Crippen LogP contribution in [-0.4, -0.2) is 31.8 Å². The second kappa shape index (κ2) is 9.13. The van der Waals surface area contributed by atoms with Gasteiger partial charge in [0.2, 0.25) is 0 Å². The minimum atomic E-state index is -4.38. The molecule has 30 heavy (non-hydrogen) atoms. The average Bonchev–Trinajstić information content (AvgIpc) is 3.05. The molecule has 158 valence electrons. The Labute approximate surface area is 179 Å². The molecule has 0 saturated carbocycles. The molecule has 0 bridgehead atoms. The SMILES string of the molecule is Cc1cc(SCc2nn(-c3ccc(C(F)(F)F)cc3)nc2C)ccc1SCC(=O)O. The molecule has 5 nitrogen and oxygen atoms in total. The van der Waals surface area contributed by atoms with Gasteiger partial charge in [0.15, 0.2) is 0 Å². The molecule has 1 N–H and O–H groups in total. The van der Waals surface area contributed by atoms with E-state index < -0.39 is 17.7 Å². The van der Waals surface area contributed by atoms with Crippen LogP contribution in [0.5, 0.6) is 0 Å². The molecular weight excluding hydrogens is 435 g/mol. The highest BCUT2D eigenvalue weighted by atomic mass is 32.2. The molecule has 0 aliphatic rings. The van der Waals surface area contributed by atoms with Crippen LogP contribution in [0.25, 0.3) is 5.69 Å². The number of carboxylic acid groups (broad SMARTS) is 1. The van der Waals surface area contributed by atoms with Gasteiger partial charge in [0.05, 0.1) is 28.4 Å². The van der Waals surface area contributed by atoms with E-state index in [-0.39, 0.29) is 5.75 Å². The number of rotatable bonds is 7. The Bertz CT molecular complexity index is 1050. The van der Waals surface area contributed by atoms with Gasteiger partial charge in [-0.1, -0.05) is 0 Å². The van der Waals surface area contributed by atoms with E-state index in [2.05, 4.69) is 10.2 Å². The lowest BCUT2D eigenvalue weighted by Gasteiger charge is -2.07. The maximum absolute atomic E-state index is 12.7. The second-order valence-corrected chi connectivity index (χ2v) is 8.53. The summed E-state index contributed by atoms with van der Waals surface area (Å²) in [5, 5.41) is 17.5. The van der Waals surface area contributed by atoms with Crippen LogP contribution in [0, 0.1) is 13.8 Å². The van der Waals surface area contributed by atoms with Crippen molar-refractivity contribution >= 4 is 29.5 Å². The van der Waals surface area contributed by atoms with Crippen LogP contribution < -0.4 is 0 Å². The first kappa shape index (κ1) is 22.2. The van der Waals surface area contributed by atoms with Crippen molar-refractivity contribution in [1.82, 2.24) is 15.0 Å². The predicted octanol–water partition coefficient (Wildman–Crippen LogP) is 5.37. The summed E-state index contributed by atoms with van der Waals surface area (Å²) >= 11 is 2.84. The Morgan fingerprint density at radius 3 is 2.37 bits per heavy atom. The van der Waals surface area contributed by atoms with E-state index in [1.54, 1.807) is 18.7 Å². The van der Waals surface area contributed by atoms with E-state index >= 15 is 0 Å². The number of halogens is 3. The lowest BCUT2D eigenvalue weighted by molar-refractivity contribution is -0.137. The second-order valence-electron chi connectivity index (χ2n) is 6.46. The lowest BCUT2D eigenvalue weighted by atomic mass is 10.2. The fourth-order valence-electron chi connectivity index (χ4n) is 2.61. The van der Waals surface area contributed by atoms with E-state index in [1.165, 1.54) is 28.7 Å².